The molecule has 84 valence electrons. The zero-order chi connectivity index (χ0) is 10.4. The van der Waals surface area contributed by atoms with Gasteiger partial charge in [-0.25, -0.2) is 0 Å². The van der Waals surface area contributed by atoms with E-state index >= 15 is 0 Å². The lowest BCUT2D eigenvalue weighted by molar-refractivity contribution is -0.137. The van der Waals surface area contributed by atoms with Gasteiger partial charge in [0, 0.05) is 19.2 Å². The minimum Gasteiger partial charge on any atom is -0.396 e. The van der Waals surface area contributed by atoms with Gasteiger partial charge < -0.3 is 19.9 Å². The third-order valence-electron chi connectivity index (χ3n) is 2.78. The van der Waals surface area contributed by atoms with Crippen LogP contribution in [-0.4, -0.2) is 43.8 Å². The Hall–Kier alpha value is -0.160. The average Bonchev–Trinajstić information content (AvgIpc) is 2.26. The van der Waals surface area contributed by atoms with Crippen LogP contribution >= 0.6 is 0 Å². The second kappa shape index (κ2) is 6.35. The smallest absolute Gasteiger partial charge is 0.147 e. The van der Waals surface area contributed by atoms with Crippen LogP contribution in [0.4, 0.5) is 0 Å². The van der Waals surface area contributed by atoms with E-state index < -0.39 is 0 Å². The monoisotopic (exact) mass is 203 g/mol. The van der Waals surface area contributed by atoms with E-state index in [9.17, 15) is 0 Å². The van der Waals surface area contributed by atoms with Crippen LogP contribution in [0.2, 0.25) is 0 Å². The fraction of sp³-hybridized carbons (Fsp3) is 1.00. The van der Waals surface area contributed by atoms with E-state index in [0.717, 1.165) is 19.6 Å². The van der Waals surface area contributed by atoms with Crippen molar-refractivity contribution < 1.29 is 14.6 Å². The first-order chi connectivity index (χ1) is 6.74. The minimum absolute atomic E-state index is 0.225. The van der Waals surface area contributed by atoms with E-state index in [-0.39, 0.29) is 18.6 Å². The highest BCUT2D eigenvalue weighted by molar-refractivity contribution is 4.71. The van der Waals surface area contributed by atoms with Crippen LogP contribution in [0.15, 0.2) is 0 Å². The predicted octanol–water partition coefficient (Wildman–Crippen LogP) is 0.356. The van der Waals surface area contributed by atoms with Gasteiger partial charge in [-0.2, -0.15) is 0 Å². The summed E-state index contributed by atoms with van der Waals surface area (Å²) in [6.07, 6.45) is 1.21. The summed E-state index contributed by atoms with van der Waals surface area (Å²) in [6.45, 7) is 6.38. The number of nitrogens with one attached hydrogen (secondary N) is 1. The van der Waals surface area contributed by atoms with Gasteiger partial charge in [-0.1, -0.05) is 6.92 Å². The van der Waals surface area contributed by atoms with E-state index in [1.165, 1.54) is 0 Å². The molecule has 3 atom stereocenters. The zero-order valence-corrected chi connectivity index (χ0v) is 9.03. The summed E-state index contributed by atoms with van der Waals surface area (Å²) >= 11 is 0. The molecule has 1 rings (SSSR count). The second-order valence-electron chi connectivity index (χ2n) is 3.96. The van der Waals surface area contributed by atoms with Gasteiger partial charge in [0.25, 0.3) is 0 Å². The molecule has 4 nitrogen and oxygen atoms in total. The largest absolute Gasteiger partial charge is 0.396 e. The van der Waals surface area contributed by atoms with Crippen molar-refractivity contribution in [2.24, 2.45) is 5.92 Å². The molecule has 0 bridgehead atoms. The van der Waals surface area contributed by atoms with Gasteiger partial charge in [0.05, 0.1) is 12.7 Å². The first-order valence-electron chi connectivity index (χ1n) is 5.27. The number of hydrogen-bond acceptors (Lipinski definition) is 4. The molecule has 1 saturated heterocycles. The summed E-state index contributed by atoms with van der Waals surface area (Å²) in [5.41, 5.74) is 0. The van der Waals surface area contributed by atoms with Crippen molar-refractivity contribution in [3.05, 3.63) is 0 Å². The molecule has 3 unspecified atom stereocenters. The first-order valence-corrected chi connectivity index (χ1v) is 5.27. The van der Waals surface area contributed by atoms with Crippen molar-refractivity contribution in [1.29, 1.82) is 0 Å². The molecule has 1 aliphatic rings. The maximum Gasteiger partial charge on any atom is 0.147 e. The molecule has 0 radical (unpaired) electrons. The maximum absolute atomic E-state index is 8.95. The van der Waals surface area contributed by atoms with Crippen molar-refractivity contribution in [1.82, 2.24) is 5.32 Å². The Morgan fingerprint density at radius 1 is 1.50 bits per heavy atom. The fourth-order valence-electron chi connectivity index (χ4n) is 1.34. The van der Waals surface area contributed by atoms with Crippen molar-refractivity contribution in [3.63, 3.8) is 0 Å². The van der Waals surface area contributed by atoms with Crippen LogP contribution < -0.4 is 5.32 Å². The van der Waals surface area contributed by atoms with Crippen molar-refractivity contribution in [2.75, 3.05) is 26.6 Å². The van der Waals surface area contributed by atoms with Gasteiger partial charge >= 0.3 is 0 Å². The number of aliphatic hydroxyl groups excluding tert-OH is 1. The van der Waals surface area contributed by atoms with Crippen molar-refractivity contribution in [2.45, 2.75) is 32.4 Å². The molecule has 1 fully saturated rings. The number of ether oxygens (including phenoxy) is 2. The maximum atomic E-state index is 8.95. The Labute approximate surface area is 85.6 Å². The Balaban J connectivity index is 2.12. The van der Waals surface area contributed by atoms with Gasteiger partial charge in [0.15, 0.2) is 0 Å². The van der Waals surface area contributed by atoms with Crippen LogP contribution in [-0.2, 0) is 9.47 Å². The van der Waals surface area contributed by atoms with Gasteiger partial charge in [-0.05, 0) is 19.3 Å². The van der Waals surface area contributed by atoms with E-state index in [4.69, 9.17) is 14.6 Å². The van der Waals surface area contributed by atoms with Crippen LogP contribution in [0.1, 0.15) is 20.3 Å². The van der Waals surface area contributed by atoms with Crippen molar-refractivity contribution >= 4 is 0 Å². The number of hydrogen-bond donors (Lipinski definition) is 2. The van der Waals surface area contributed by atoms with Crippen LogP contribution in [0.5, 0.6) is 0 Å². The molecular formula is C10H21NO3. The minimum atomic E-state index is 0.225. The molecule has 1 aliphatic heterocycles. The molecule has 0 amide bonds. The molecule has 2 N–H and O–H groups in total. The van der Waals surface area contributed by atoms with Gasteiger partial charge in [-0.3, -0.25) is 0 Å². The lowest BCUT2D eigenvalue weighted by atomic mass is 10.0. The molecule has 4 heteroatoms. The highest BCUT2D eigenvalue weighted by Gasteiger charge is 2.16. The molecule has 0 aromatic rings. The highest BCUT2D eigenvalue weighted by atomic mass is 16.7. The Bertz CT molecular complexity index is 146. The Morgan fingerprint density at radius 3 is 2.86 bits per heavy atom. The SMILES string of the molecule is CC(CO)C(C)NCC1CCOCO1. The fourth-order valence-corrected chi connectivity index (χ4v) is 1.34. The van der Waals surface area contributed by atoms with E-state index in [1.54, 1.807) is 0 Å². The first kappa shape index (κ1) is 11.9. The molecule has 0 aromatic carbocycles. The molecule has 1 heterocycles. The predicted molar refractivity (Wildman–Crippen MR) is 54.0 cm³/mol. The van der Waals surface area contributed by atoms with E-state index in [0.29, 0.717) is 12.8 Å². The molecule has 14 heavy (non-hydrogen) atoms. The third kappa shape index (κ3) is 3.92. The number of rotatable bonds is 5. The summed E-state index contributed by atoms with van der Waals surface area (Å²) in [6, 6.07) is 0.325. The van der Waals surface area contributed by atoms with E-state index in [1.807, 2.05) is 6.92 Å². The molecule has 0 aliphatic carbocycles. The van der Waals surface area contributed by atoms with Gasteiger partial charge in [-0.15, -0.1) is 0 Å². The summed E-state index contributed by atoms with van der Waals surface area (Å²) < 4.78 is 10.5. The molecular weight excluding hydrogens is 182 g/mol. The normalized spacial score (nSPS) is 27.2. The van der Waals surface area contributed by atoms with Crippen LogP contribution in [0.25, 0.3) is 0 Å². The van der Waals surface area contributed by atoms with Crippen LogP contribution in [0.3, 0.4) is 0 Å². The highest BCUT2D eigenvalue weighted by Crippen LogP contribution is 2.06. The average molecular weight is 203 g/mol. The second-order valence-corrected chi connectivity index (χ2v) is 3.96. The molecule has 0 aromatic heterocycles. The quantitative estimate of drug-likeness (QED) is 0.677. The number of aliphatic hydroxyl groups is 1. The third-order valence-corrected chi connectivity index (χ3v) is 2.78. The summed E-state index contributed by atoms with van der Waals surface area (Å²) in [5.74, 6) is 0.287. The zero-order valence-electron chi connectivity index (χ0n) is 9.03. The molecule has 0 spiro atoms. The van der Waals surface area contributed by atoms with Gasteiger partial charge in [0.2, 0.25) is 0 Å². The Kier molecular flexibility index (Phi) is 5.40. The summed E-state index contributed by atoms with van der Waals surface area (Å²) in [5, 5.41) is 12.3. The topological polar surface area (TPSA) is 50.7 Å². The molecule has 0 saturated carbocycles. The summed E-state index contributed by atoms with van der Waals surface area (Å²) in [4.78, 5) is 0. The van der Waals surface area contributed by atoms with Crippen molar-refractivity contribution in [3.8, 4) is 0 Å². The lowest BCUT2D eigenvalue weighted by Crippen LogP contribution is -2.41. The standard InChI is InChI=1S/C10H21NO3/c1-8(6-12)9(2)11-5-10-3-4-13-7-14-10/h8-12H,3-7H2,1-2H3. The van der Waals surface area contributed by atoms with E-state index in [2.05, 4.69) is 12.2 Å². The van der Waals surface area contributed by atoms with Gasteiger partial charge in [0.1, 0.15) is 6.79 Å². The van der Waals surface area contributed by atoms with Crippen LogP contribution in [0, 0.1) is 5.92 Å². The lowest BCUT2D eigenvalue weighted by Gasteiger charge is -2.26. The Morgan fingerprint density at radius 2 is 2.29 bits per heavy atom. The summed E-state index contributed by atoms with van der Waals surface area (Å²) in [7, 11) is 0.